The Hall–Kier alpha value is -0.610. The second-order valence-electron chi connectivity index (χ2n) is 3.29. The number of aliphatic hydroxyl groups excluding tert-OH is 1. The second-order valence-corrected chi connectivity index (χ2v) is 3.29. The van der Waals surface area contributed by atoms with E-state index in [-0.39, 0.29) is 18.6 Å². The van der Waals surface area contributed by atoms with Crippen molar-refractivity contribution in [1.82, 2.24) is 5.32 Å². The lowest BCUT2D eigenvalue weighted by atomic mass is 10.1. The number of carbonyl (C=O) groups is 1. The van der Waals surface area contributed by atoms with Gasteiger partial charge in [0.05, 0.1) is 6.04 Å². The van der Waals surface area contributed by atoms with Crippen LogP contribution in [0.15, 0.2) is 0 Å². The van der Waals surface area contributed by atoms with Gasteiger partial charge in [-0.15, -0.1) is 0 Å². The third-order valence-corrected chi connectivity index (χ3v) is 1.96. The van der Waals surface area contributed by atoms with Crippen molar-refractivity contribution >= 4 is 5.91 Å². The van der Waals surface area contributed by atoms with Crippen molar-refractivity contribution in [2.75, 3.05) is 6.61 Å². The molecule has 0 bridgehead atoms. The Morgan fingerprint density at radius 2 is 2.23 bits per heavy atom. The third-order valence-electron chi connectivity index (χ3n) is 1.96. The van der Waals surface area contributed by atoms with Crippen molar-refractivity contribution in [3.8, 4) is 0 Å². The molecule has 0 saturated heterocycles. The molecule has 13 heavy (non-hydrogen) atoms. The average molecular weight is 188 g/mol. The fraction of sp³-hybridized carbons (Fsp3) is 0.889. The Bertz CT molecular complexity index is 151. The summed E-state index contributed by atoms with van der Waals surface area (Å²) in [5.41, 5.74) is 5.53. The minimum atomic E-state index is -0.406. The molecule has 4 heteroatoms. The highest BCUT2D eigenvalue weighted by Crippen LogP contribution is 1.96. The van der Waals surface area contributed by atoms with Gasteiger partial charge in [0.15, 0.2) is 0 Å². The zero-order valence-electron chi connectivity index (χ0n) is 8.42. The highest BCUT2D eigenvalue weighted by Gasteiger charge is 2.12. The van der Waals surface area contributed by atoms with Crippen molar-refractivity contribution < 1.29 is 9.90 Å². The number of aliphatic hydroxyl groups is 1. The van der Waals surface area contributed by atoms with Crippen molar-refractivity contribution in [2.45, 2.75) is 45.2 Å². The van der Waals surface area contributed by atoms with Crippen molar-refractivity contribution in [3.63, 3.8) is 0 Å². The molecule has 4 nitrogen and oxygen atoms in total. The Labute approximate surface area is 79.5 Å². The van der Waals surface area contributed by atoms with Gasteiger partial charge in [-0.2, -0.15) is 0 Å². The normalized spacial score (nSPS) is 15.1. The van der Waals surface area contributed by atoms with Crippen LogP contribution in [-0.4, -0.2) is 29.7 Å². The van der Waals surface area contributed by atoms with E-state index in [0.29, 0.717) is 12.8 Å². The van der Waals surface area contributed by atoms with Crippen LogP contribution < -0.4 is 11.1 Å². The quantitative estimate of drug-likeness (QED) is 0.549. The zero-order chi connectivity index (χ0) is 10.3. The lowest BCUT2D eigenvalue weighted by Crippen LogP contribution is -2.44. The molecule has 0 saturated carbocycles. The summed E-state index contributed by atoms with van der Waals surface area (Å²) in [6.07, 6.45) is 2.15. The molecule has 0 heterocycles. The van der Waals surface area contributed by atoms with Crippen molar-refractivity contribution in [1.29, 1.82) is 0 Å². The molecular weight excluding hydrogens is 168 g/mol. The van der Waals surface area contributed by atoms with E-state index in [4.69, 9.17) is 10.8 Å². The largest absolute Gasteiger partial charge is 0.396 e. The molecule has 2 unspecified atom stereocenters. The molecule has 0 aliphatic carbocycles. The van der Waals surface area contributed by atoms with Gasteiger partial charge in [-0.3, -0.25) is 4.79 Å². The molecular formula is C9H20N2O2. The van der Waals surface area contributed by atoms with Crippen LogP contribution in [0.1, 0.15) is 33.1 Å². The van der Waals surface area contributed by atoms with E-state index in [1.54, 1.807) is 0 Å². The van der Waals surface area contributed by atoms with Crippen LogP contribution in [0.25, 0.3) is 0 Å². The molecule has 0 rings (SSSR count). The molecule has 0 spiro atoms. The molecule has 4 N–H and O–H groups in total. The summed E-state index contributed by atoms with van der Waals surface area (Å²) in [5, 5.41) is 11.4. The average Bonchev–Trinajstić information content (AvgIpc) is 2.13. The van der Waals surface area contributed by atoms with Gasteiger partial charge in [0.1, 0.15) is 0 Å². The Kier molecular flexibility index (Phi) is 6.54. The lowest BCUT2D eigenvalue weighted by molar-refractivity contribution is -0.123. The third kappa shape index (κ3) is 5.60. The first-order chi connectivity index (χ1) is 6.11. The van der Waals surface area contributed by atoms with Crippen LogP contribution in [0, 0.1) is 0 Å². The molecule has 1 amide bonds. The standard InChI is InChI=1S/C9H20N2O2/c1-3-8(10)9(13)11-7(2)5-4-6-12/h7-8,12H,3-6,10H2,1-2H3,(H,11,13). The first-order valence-corrected chi connectivity index (χ1v) is 4.78. The Morgan fingerprint density at radius 1 is 1.62 bits per heavy atom. The maximum Gasteiger partial charge on any atom is 0.237 e. The molecule has 0 radical (unpaired) electrons. The van der Waals surface area contributed by atoms with Gasteiger partial charge in [-0.1, -0.05) is 6.92 Å². The Morgan fingerprint density at radius 3 is 2.69 bits per heavy atom. The number of hydrogen-bond acceptors (Lipinski definition) is 3. The van der Waals surface area contributed by atoms with Gasteiger partial charge in [0, 0.05) is 12.6 Å². The van der Waals surface area contributed by atoms with Gasteiger partial charge in [0.2, 0.25) is 5.91 Å². The molecule has 0 aliphatic rings. The molecule has 0 aromatic rings. The number of carbonyl (C=O) groups excluding carboxylic acids is 1. The van der Waals surface area contributed by atoms with E-state index < -0.39 is 6.04 Å². The van der Waals surface area contributed by atoms with E-state index in [1.165, 1.54) is 0 Å². The van der Waals surface area contributed by atoms with E-state index >= 15 is 0 Å². The van der Waals surface area contributed by atoms with Gasteiger partial charge in [0.25, 0.3) is 0 Å². The van der Waals surface area contributed by atoms with Gasteiger partial charge in [-0.25, -0.2) is 0 Å². The van der Waals surface area contributed by atoms with Crippen LogP contribution >= 0.6 is 0 Å². The van der Waals surface area contributed by atoms with Crippen LogP contribution in [-0.2, 0) is 4.79 Å². The van der Waals surface area contributed by atoms with Crippen LogP contribution in [0.3, 0.4) is 0 Å². The highest BCUT2D eigenvalue weighted by molar-refractivity contribution is 5.81. The second kappa shape index (κ2) is 6.86. The topological polar surface area (TPSA) is 75.4 Å². The summed E-state index contributed by atoms with van der Waals surface area (Å²) >= 11 is 0. The summed E-state index contributed by atoms with van der Waals surface area (Å²) in [6.45, 7) is 3.96. The number of nitrogens with one attached hydrogen (secondary N) is 1. The Balaban J connectivity index is 3.64. The summed E-state index contributed by atoms with van der Waals surface area (Å²) in [5.74, 6) is -0.104. The first kappa shape index (κ1) is 12.4. The SMILES string of the molecule is CCC(N)C(=O)NC(C)CCCO. The fourth-order valence-corrected chi connectivity index (χ4v) is 1.00. The molecule has 78 valence electrons. The summed E-state index contributed by atoms with van der Waals surface area (Å²) in [6, 6.07) is -0.311. The number of nitrogens with two attached hydrogens (primary N) is 1. The van der Waals surface area contributed by atoms with Gasteiger partial charge < -0.3 is 16.2 Å². The van der Waals surface area contributed by atoms with E-state index in [2.05, 4.69) is 5.32 Å². The van der Waals surface area contributed by atoms with Crippen LogP contribution in [0.5, 0.6) is 0 Å². The fourth-order valence-electron chi connectivity index (χ4n) is 1.00. The van der Waals surface area contributed by atoms with E-state index in [9.17, 15) is 4.79 Å². The summed E-state index contributed by atoms with van der Waals surface area (Å²) in [7, 11) is 0. The predicted molar refractivity (Wildman–Crippen MR) is 52.2 cm³/mol. The maximum absolute atomic E-state index is 11.2. The molecule has 2 atom stereocenters. The van der Waals surface area contributed by atoms with Crippen LogP contribution in [0.2, 0.25) is 0 Å². The maximum atomic E-state index is 11.2. The first-order valence-electron chi connectivity index (χ1n) is 4.78. The zero-order valence-corrected chi connectivity index (χ0v) is 8.42. The summed E-state index contributed by atoms with van der Waals surface area (Å²) < 4.78 is 0. The minimum Gasteiger partial charge on any atom is -0.396 e. The van der Waals surface area contributed by atoms with E-state index in [0.717, 1.165) is 6.42 Å². The lowest BCUT2D eigenvalue weighted by Gasteiger charge is -2.15. The molecule has 0 aromatic heterocycles. The predicted octanol–water partition coefficient (Wildman–Crippen LogP) is 0.000900. The van der Waals surface area contributed by atoms with Gasteiger partial charge >= 0.3 is 0 Å². The smallest absolute Gasteiger partial charge is 0.237 e. The molecule has 0 aliphatic heterocycles. The van der Waals surface area contributed by atoms with Crippen molar-refractivity contribution in [3.05, 3.63) is 0 Å². The highest BCUT2D eigenvalue weighted by atomic mass is 16.2. The van der Waals surface area contributed by atoms with Crippen molar-refractivity contribution in [2.24, 2.45) is 5.73 Å². The number of amides is 1. The monoisotopic (exact) mass is 188 g/mol. The molecule has 0 fully saturated rings. The number of rotatable bonds is 6. The summed E-state index contributed by atoms with van der Waals surface area (Å²) in [4.78, 5) is 11.2. The van der Waals surface area contributed by atoms with Gasteiger partial charge in [-0.05, 0) is 26.2 Å². The molecule has 0 aromatic carbocycles. The van der Waals surface area contributed by atoms with E-state index in [1.807, 2.05) is 13.8 Å². The minimum absolute atomic E-state index is 0.0947. The van der Waals surface area contributed by atoms with Crippen LogP contribution in [0.4, 0.5) is 0 Å². The number of hydrogen-bond donors (Lipinski definition) is 3.